The van der Waals surface area contributed by atoms with Crippen LogP contribution >= 0.6 is 0 Å². The highest BCUT2D eigenvalue weighted by Crippen LogP contribution is 2.18. The molecule has 4 nitrogen and oxygen atoms in total. The Morgan fingerprint density at radius 2 is 2.35 bits per heavy atom. The molecule has 0 aromatic heterocycles. The average Bonchev–Trinajstić information content (AvgIpc) is 2.26. The monoisotopic (exact) mass is 237 g/mol. The summed E-state index contributed by atoms with van der Waals surface area (Å²) in [6, 6.07) is 4.83. The van der Waals surface area contributed by atoms with Crippen LogP contribution in [-0.2, 0) is 0 Å². The zero-order valence-corrected chi connectivity index (χ0v) is 9.73. The Hall–Kier alpha value is -1.72. The first-order chi connectivity index (χ1) is 8.04. The summed E-state index contributed by atoms with van der Waals surface area (Å²) in [6.07, 6.45) is 1.30. The van der Waals surface area contributed by atoms with Crippen molar-refractivity contribution in [3.05, 3.63) is 41.7 Å². The summed E-state index contributed by atoms with van der Waals surface area (Å²) in [6.45, 7) is 5.65. The van der Waals surface area contributed by atoms with Crippen LogP contribution in [0.4, 0.5) is 4.39 Å². The van der Waals surface area contributed by atoms with Crippen molar-refractivity contribution in [3.63, 3.8) is 0 Å². The van der Waals surface area contributed by atoms with Gasteiger partial charge in [-0.05, 0) is 24.6 Å². The molecule has 0 aliphatic heterocycles. The van der Waals surface area contributed by atoms with Gasteiger partial charge in [-0.3, -0.25) is 5.01 Å². The van der Waals surface area contributed by atoms with E-state index >= 15 is 0 Å². The van der Waals surface area contributed by atoms with Crippen LogP contribution in [0.5, 0.6) is 0 Å². The molecule has 1 aromatic carbocycles. The number of benzene rings is 1. The van der Waals surface area contributed by atoms with Crippen molar-refractivity contribution >= 4 is 12.0 Å². The Balaban J connectivity index is 2.76. The number of aryl methyl sites for hydroxylation is 1. The molecular formula is C12H16FN3O. The molecule has 0 saturated carbocycles. The van der Waals surface area contributed by atoms with Gasteiger partial charge in [-0.2, -0.15) is 0 Å². The number of nitrogens with two attached hydrogens (primary N) is 1. The fraction of sp³-hybridized carbons (Fsp3) is 0.250. The Labute approximate surface area is 99.9 Å². The first-order valence-corrected chi connectivity index (χ1v) is 5.16. The van der Waals surface area contributed by atoms with Gasteiger partial charge in [0.15, 0.2) is 0 Å². The molecular weight excluding hydrogens is 221 g/mol. The first kappa shape index (κ1) is 13.3. The highest BCUT2D eigenvalue weighted by molar-refractivity contribution is 5.71. The quantitative estimate of drug-likeness (QED) is 0.351. The Bertz CT molecular complexity index is 432. The van der Waals surface area contributed by atoms with Crippen LogP contribution < -0.4 is 5.84 Å². The van der Waals surface area contributed by atoms with Gasteiger partial charge < -0.3 is 5.11 Å². The van der Waals surface area contributed by atoms with Gasteiger partial charge in [0.25, 0.3) is 0 Å². The molecule has 0 unspecified atom stereocenters. The first-order valence-electron chi connectivity index (χ1n) is 5.16. The Morgan fingerprint density at radius 3 is 2.94 bits per heavy atom. The minimum atomic E-state index is -0.363. The molecule has 3 N–H and O–H groups in total. The van der Waals surface area contributed by atoms with E-state index in [1.807, 2.05) is 6.92 Å². The molecule has 17 heavy (non-hydrogen) atoms. The summed E-state index contributed by atoms with van der Waals surface area (Å²) in [4.78, 5) is 3.93. The lowest BCUT2D eigenvalue weighted by molar-refractivity contribution is 0.254. The lowest BCUT2D eigenvalue weighted by atomic mass is 10.1. The predicted molar refractivity (Wildman–Crippen MR) is 66.6 cm³/mol. The lowest BCUT2D eigenvalue weighted by Gasteiger charge is -2.10. The van der Waals surface area contributed by atoms with E-state index in [0.717, 1.165) is 5.56 Å². The van der Waals surface area contributed by atoms with E-state index in [0.29, 0.717) is 5.56 Å². The van der Waals surface area contributed by atoms with Crippen LogP contribution in [0, 0.1) is 12.7 Å². The van der Waals surface area contributed by atoms with E-state index < -0.39 is 0 Å². The molecule has 0 atom stereocenters. The summed E-state index contributed by atoms with van der Waals surface area (Å²) < 4.78 is 13.6. The van der Waals surface area contributed by atoms with Gasteiger partial charge in [0.2, 0.25) is 0 Å². The van der Waals surface area contributed by atoms with Gasteiger partial charge in [-0.25, -0.2) is 15.2 Å². The van der Waals surface area contributed by atoms with E-state index in [4.69, 9.17) is 10.9 Å². The molecule has 0 radical (unpaired) electrons. The van der Waals surface area contributed by atoms with Crippen LogP contribution in [0.3, 0.4) is 0 Å². The molecule has 0 heterocycles. The van der Waals surface area contributed by atoms with E-state index in [1.165, 1.54) is 17.4 Å². The number of aliphatic imine (C=N–C) groups is 1. The maximum absolute atomic E-state index is 13.6. The molecule has 0 bridgehead atoms. The van der Waals surface area contributed by atoms with Crippen molar-refractivity contribution < 1.29 is 9.50 Å². The SMILES string of the molecule is C=C(/N=C\N(N)CCO)c1ccc(C)cc1F. The standard InChI is InChI=1S/C12H16FN3O/c1-9-3-4-11(12(13)7-9)10(2)15-8-16(14)5-6-17/h3-4,7-8,17H,2,5-6,14H2,1H3/b15-8-. The number of aliphatic hydroxyl groups excluding tert-OH is 1. The van der Waals surface area contributed by atoms with Gasteiger partial charge in [0, 0.05) is 5.56 Å². The molecule has 0 amide bonds. The van der Waals surface area contributed by atoms with Gasteiger partial charge in [0.05, 0.1) is 18.8 Å². The average molecular weight is 237 g/mol. The van der Waals surface area contributed by atoms with Crippen molar-refractivity contribution in [3.8, 4) is 0 Å². The third-order valence-corrected chi connectivity index (χ3v) is 2.16. The smallest absolute Gasteiger partial charge is 0.132 e. The number of aliphatic hydroxyl groups is 1. The summed E-state index contributed by atoms with van der Waals surface area (Å²) in [5, 5.41) is 9.83. The maximum atomic E-state index is 13.6. The van der Waals surface area contributed by atoms with E-state index in [9.17, 15) is 4.39 Å². The van der Waals surface area contributed by atoms with Crippen LogP contribution in [0.2, 0.25) is 0 Å². The highest BCUT2D eigenvalue weighted by Gasteiger charge is 2.04. The second-order valence-corrected chi connectivity index (χ2v) is 3.64. The van der Waals surface area contributed by atoms with Gasteiger partial charge in [-0.15, -0.1) is 0 Å². The second kappa shape index (κ2) is 6.12. The predicted octanol–water partition coefficient (Wildman–Crippen LogP) is 1.30. The van der Waals surface area contributed by atoms with Crippen molar-refractivity contribution in [1.29, 1.82) is 0 Å². The number of hydrogen-bond donors (Lipinski definition) is 2. The largest absolute Gasteiger partial charge is 0.394 e. The van der Waals surface area contributed by atoms with Gasteiger partial charge in [-0.1, -0.05) is 12.6 Å². The molecule has 92 valence electrons. The number of halogens is 1. The van der Waals surface area contributed by atoms with E-state index in [-0.39, 0.29) is 24.7 Å². The summed E-state index contributed by atoms with van der Waals surface area (Å²) >= 11 is 0. The number of hydrogen-bond acceptors (Lipinski definition) is 3. The maximum Gasteiger partial charge on any atom is 0.132 e. The molecule has 0 saturated heterocycles. The minimum Gasteiger partial charge on any atom is -0.394 e. The molecule has 0 spiro atoms. The number of rotatable bonds is 5. The van der Waals surface area contributed by atoms with Crippen LogP contribution in [0.15, 0.2) is 29.8 Å². The van der Waals surface area contributed by atoms with Gasteiger partial charge in [0.1, 0.15) is 12.2 Å². The molecule has 5 heteroatoms. The molecule has 0 fully saturated rings. The zero-order chi connectivity index (χ0) is 12.8. The second-order valence-electron chi connectivity index (χ2n) is 3.64. The van der Waals surface area contributed by atoms with Crippen molar-refractivity contribution in [2.24, 2.45) is 10.8 Å². The zero-order valence-electron chi connectivity index (χ0n) is 9.73. The van der Waals surface area contributed by atoms with Crippen LogP contribution in [0.1, 0.15) is 11.1 Å². The third-order valence-electron chi connectivity index (χ3n) is 2.16. The summed E-state index contributed by atoms with van der Waals surface area (Å²) in [7, 11) is 0. The molecule has 0 aliphatic rings. The lowest BCUT2D eigenvalue weighted by Crippen LogP contribution is -2.32. The fourth-order valence-corrected chi connectivity index (χ4v) is 1.24. The van der Waals surface area contributed by atoms with Crippen LogP contribution in [0.25, 0.3) is 5.70 Å². The Kier molecular flexibility index (Phi) is 4.81. The third kappa shape index (κ3) is 3.97. The van der Waals surface area contributed by atoms with E-state index in [1.54, 1.807) is 12.1 Å². The number of nitrogens with zero attached hydrogens (tertiary/aromatic N) is 2. The van der Waals surface area contributed by atoms with Crippen molar-refractivity contribution in [2.75, 3.05) is 13.2 Å². The minimum absolute atomic E-state index is 0.0755. The van der Waals surface area contributed by atoms with Crippen molar-refractivity contribution in [1.82, 2.24) is 5.01 Å². The van der Waals surface area contributed by atoms with Crippen LogP contribution in [-0.4, -0.2) is 29.6 Å². The normalized spacial score (nSPS) is 10.8. The number of hydrazine groups is 1. The fourth-order valence-electron chi connectivity index (χ4n) is 1.24. The van der Waals surface area contributed by atoms with Gasteiger partial charge >= 0.3 is 0 Å². The molecule has 0 aliphatic carbocycles. The molecule has 1 aromatic rings. The van der Waals surface area contributed by atoms with Crippen molar-refractivity contribution in [2.45, 2.75) is 6.92 Å². The Morgan fingerprint density at radius 1 is 1.65 bits per heavy atom. The topological polar surface area (TPSA) is 61.8 Å². The highest BCUT2D eigenvalue weighted by atomic mass is 19.1. The molecule has 1 rings (SSSR count). The van der Waals surface area contributed by atoms with E-state index in [2.05, 4.69) is 11.6 Å². The summed E-state index contributed by atoms with van der Waals surface area (Å²) in [5.41, 5.74) is 1.46. The summed E-state index contributed by atoms with van der Waals surface area (Å²) in [5.74, 6) is 5.10.